The summed E-state index contributed by atoms with van der Waals surface area (Å²) < 4.78 is 4.92. The number of nitrogens with zero attached hydrogens (tertiary/aromatic N) is 1. The molecule has 1 rings (SSSR count). The summed E-state index contributed by atoms with van der Waals surface area (Å²) in [5.74, 6) is -0.421. The van der Waals surface area contributed by atoms with E-state index in [1.165, 1.54) is 18.4 Å². The summed E-state index contributed by atoms with van der Waals surface area (Å²) in [4.78, 5) is 15.8. The highest BCUT2D eigenvalue weighted by Gasteiger charge is 2.16. The molecular formula is C7H8ClNO2S. The Kier molecular flexibility index (Phi) is 3.05. The van der Waals surface area contributed by atoms with Gasteiger partial charge in [-0.3, -0.25) is 0 Å². The average Bonchev–Trinajstić information content (AvgIpc) is 2.45. The van der Waals surface area contributed by atoms with Gasteiger partial charge in [0.2, 0.25) is 0 Å². The lowest BCUT2D eigenvalue weighted by atomic mass is 10.3. The van der Waals surface area contributed by atoms with E-state index in [9.17, 15) is 4.79 Å². The minimum Gasteiger partial charge on any atom is -0.464 e. The van der Waals surface area contributed by atoms with E-state index in [0.29, 0.717) is 10.2 Å². The maximum absolute atomic E-state index is 11.1. The average molecular weight is 206 g/mol. The first-order valence-electron chi connectivity index (χ1n) is 3.42. The molecule has 5 heteroatoms. The number of methoxy groups -OCH3 is 1. The third kappa shape index (κ3) is 1.76. The smallest absolute Gasteiger partial charge is 0.357 e. The molecule has 0 fully saturated rings. The fraction of sp³-hybridized carbons (Fsp3) is 0.429. The topological polar surface area (TPSA) is 39.2 Å². The van der Waals surface area contributed by atoms with Gasteiger partial charge in [-0.25, -0.2) is 9.78 Å². The Labute approximate surface area is 79.3 Å². The first-order valence-corrected chi connectivity index (χ1v) is 4.62. The molecular weight excluding hydrogens is 198 g/mol. The Balaban J connectivity index is 3.04. The van der Waals surface area contributed by atoms with Gasteiger partial charge in [-0.2, -0.15) is 0 Å². The molecule has 12 heavy (non-hydrogen) atoms. The van der Waals surface area contributed by atoms with Crippen molar-refractivity contribution in [1.82, 2.24) is 4.98 Å². The third-order valence-corrected chi connectivity index (χ3v) is 2.68. The zero-order valence-corrected chi connectivity index (χ0v) is 8.33. The molecule has 0 aliphatic heterocycles. The summed E-state index contributed by atoms with van der Waals surface area (Å²) in [5.41, 5.74) is 0.343. The van der Waals surface area contributed by atoms with Crippen molar-refractivity contribution >= 4 is 28.9 Å². The standard InChI is InChI=1S/C7H8ClNO2S/c1-3-4-5(6(10)11-2)9-7(8)12-4/h3H2,1-2H3. The van der Waals surface area contributed by atoms with Crippen LogP contribution < -0.4 is 0 Å². The summed E-state index contributed by atoms with van der Waals surface area (Å²) in [7, 11) is 1.33. The van der Waals surface area contributed by atoms with Crippen LogP contribution in [0.2, 0.25) is 4.47 Å². The van der Waals surface area contributed by atoms with Gasteiger partial charge in [0, 0.05) is 4.88 Å². The second kappa shape index (κ2) is 3.87. The quantitative estimate of drug-likeness (QED) is 0.695. The molecule has 0 N–H and O–H groups in total. The Hall–Kier alpha value is -0.610. The van der Waals surface area contributed by atoms with Crippen LogP contribution in [-0.2, 0) is 11.2 Å². The van der Waals surface area contributed by atoms with Gasteiger partial charge in [-0.1, -0.05) is 18.5 Å². The lowest BCUT2D eigenvalue weighted by Gasteiger charge is -1.95. The molecule has 0 spiro atoms. The molecule has 1 aromatic rings. The van der Waals surface area contributed by atoms with Crippen LogP contribution in [0, 0.1) is 0 Å². The Morgan fingerprint density at radius 2 is 2.42 bits per heavy atom. The molecule has 0 aromatic carbocycles. The highest BCUT2D eigenvalue weighted by Crippen LogP contribution is 2.23. The predicted molar refractivity (Wildman–Crippen MR) is 47.8 cm³/mol. The van der Waals surface area contributed by atoms with Crippen molar-refractivity contribution < 1.29 is 9.53 Å². The lowest BCUT2D eigenvalue weighted by Crippen LogP contribution is -2.04. The molecule has 3 nitrogen and oxygen atoms in total. The molecule has 66 valence electrons. The molecule has 1 heterocycles. The van der Waals surface area contributed by atoms with Crippen LogP contribution in [0.5, 0.6) is 0 Å². The van der Waals surface area contributed by atoms with E-state index in [1.54, 1.807) is 0 Å². The zero-order chi connectivity index (χ0) is 9.14. The van der Waals surface area contributed by atoms with E-state index in [4.69, 9.17) is 11.6 Å². The van der Waals surface area contributed by atoms with Gasteiger partial charge in [0.25, 0.3) is 0 Å². The van der Waals surface area contributed by atoms with Gasteiger partial charge in [0.05, 0.1) is 7.11 Å². The van der Waals surface area contributed by atoms with Crippen LogP contribution in [0.4, 0.5) is 0 Å². The highest BCUT2D eigenvalue weighted by atomic mass is 35.5. The van der Waals surface area contributed by atoms with E-state index < -0.39 is 5.97 Å². The number of rotatable bonds is 2. The molecule has 0 amide bonds. The molecule has 0 bridgehead atoms. The molecule has 0 aliphatic rings. The van der Waals surface area contributed by atoms with Crippen LogP contribution in [0.15, 0.2) is 0 Å². The first-order chi connectivity index (χ1) is 5.69. The Morgan fingerprint density at radius 3 is 2.92 bits per heavy atom. The Bertz CT molecular complexity index is 298. The fourth-order valence-electron chi connectivity index (χ4n) is 0.819. The number of aryl methyl sites for hydroxylation is 1. The van der Waals surface area contributed by atoms with Crippen molar-refractivity contribution in [2.75, 3.05) is 7.11 Å². The number of carbonyl (C=O) groups is 1. The maximum atomic E-state index is 11.1. The van der Waals surface area contributed by atoms with Gasteiger partial charge >= 0.3 is 5.97 Å². The normalized spacial score (nSPS) is 9.92. The summed E-state index contributed by atoms with van der Waals surface area (Å²) in [6.07, 6.45) is 0.745. The number of carbonyl (C=O) groups excluding carboxylic acids is 1. The van der Waals surface area contributed by atoms with E-state index >= 15 is 0 Å². The SMILES string of the molecule is CCc1sc(Cl)nc1C(=O)OC. The van der Waals surface area contributed by atoms with E-state index in [-0.39, 0.29) is 0 Å². The Morgan fingerprint density at radius 1 is 1.75 bits per heavy atom. The van der Waals surface area contributed by atoms with E-state index in [1.807, 2.05) is 6.92 Å². The summed E-state index contributed by atoms with van der Waals surface area (Å²) >= 11 is 6.96. The van der Waals surface area contributed by atoms with Crippen LogP contribution in [0.25, 0.3) is 0 Å². The van der Waals surface area contributed by atoms with Crippen LogP contribution in [0.3, 0.4) is 0 Å². The fourth-order valence-corrected chi connectivity index (χ4v) is 1.89. The molecule has 0 unspecified atom stereocenters. The van der Waals surface area contributed by atoms with Crippen molar-refractivity contribution in [1.29, 1.82) is 0 Å². The van der Waals surface area contributed by atoms with Crippen molar-refractivity contribution in [2.45, 2.75) is 13.3 Å². The van der Waals surface area contributed by atoms with Gasteiger partial charge in [0.1, 0.15) is 0 Å². The number of hydrogen-bond donors (Lipinski definition) is 0. The lowest BCUT2D eigenvalue weighted by molar-refractivity contribution is 0.0594. The van der Waals surface area contributed by atoms with Gasteiger partial charge in [-0.15, -0.1) is 11.3 Å². The number of thiazole rings is 1. The van der Waals surface area contributed by atoms with Crippen molar-refractivity contribution in [3.63, 3.8) is 0 Å². The van der Waals surface area contributed by atoms with Gasteiger partial charge in [0.15, 0.2) is 10.2 Å². The minimum atomic E-state index is -0.421. The van der Waals surface area contributed by atoms with Crippen molar-refractivity contribution in [3.05, 3.63) is 15.0 Å². The molecule has 0 radical (unpaired) electrons. The number of aromatic nitrogens is 1. The van der Waals surface area contributed by atoms with Gasteiger partial charge in [-0.05, 0) is 6.42 Å². The van der Waals surface area contributed by atoms with Crippen molar-refractivity contribution in [2.24, 2.45) is 0 Å². The first kappa shape index (κ1) is 9.48. The number of esters is 1. The van der Waals surface area contributed by atoms with E-state index in [0.717, 1.165) is 11.3 Å². The van der Waals surface area contributed by atoms with Crippen LogP contribution in [0.1, 0.15) is 22.3 Å². The molecule has 0 aliphatic carbocycles. The zero-order valence-electron chi connectivity index (χ0n) is 6.76. The number of ether oxygens (including phenoxy) is 1. The molecule has 0 saturated heterocycles. The molecule has 0 atom stereocenters. The summed E-state index contributed by atoms with van der Waals surface area (Å²) in [6.45, 7) is 1.94. The molecule has 0 saturated carbocycles. The van der Waals surface area contributed by atoms with Crippen LogP contribution in [-0.4, -0.2) is 18.1 Å². The monoisotopic (exact) mass is 205 g/mol. The third-order valence-electron chi connectivity index (χ3n) is 1.37. The van der Waals surface area contributed by atoms with E-state index in [2.05, 4.69) is 9.72 Å². The maximum Gasteiger partial charge on any atom is 0.357 e. The second-order valence-corrected chi connectivity index (χ2v) is 3.75. The largest absolute Gasteiger partial charge is 0.464 e. The summed E-state index contributed by atoms with van der Waals surface area (Å²) in [5, 5.41) is 0. The second-order valence-electron chi connectivity index (χ2n) is 2.08. The predicted octanol–water partition coefficient (Wildman–Crippen LogP) is 2.15. The van der Waals surface area contributed by atoms with Crippen LogP contribution >= 0.6 is 22.9 Å². The number of halogens is 1. The minimum absolute atomic E-state index is 0.343. The molecule has 1 aromatic heterocycles. The highest BCUT2D eigenvalue weighted by molar-refractivity contribution is 7.16. The summed E-state index contributed by atoms with van der Waals surface area (Å²) in [6, 6.07) is 0. The van der Waals surface area contributed by atoms with Gasteiger partial charge < -0.3 is 4.74 Å². The number of hydrogen-bond acceptors (Lipinski definition) is 4. The van der Waals surface area contributed by atoms with Crippen molar-refractivity contribution in [3.8, 4) is 0 Å².